The summed E-state index contributed by atoms with van der Waals surface area (Å²) in [5.74, 6) is 1.02. The Hall–Kier alpha value is -0.490. The highest BCUT2D eigenvalue weighted by Gasteiger charge is 2.41. The molecular formula is C11H18N2O2S2. The van der Waals surface area contributed by atoms with Crippen LogP contribution in [0.1, 0.15) is 25.7 Å². The van der Waals surface area contributed by atoms with Crippen LogP contribution in [0.4, 0.5) is 0 Å². The van der Waals surface area contributed by atoms with Gasteiger partial charge in [0.25, 0.3) is 0 Å². The number of methoxy groups -OCH3 is 1. The van der Waals surface area contributed by atoms with Gasteiger partial charge in [0.05, 0.1) is 19.2 Å². The number of hydrogen-bond donors (Lipinski definition) is 2. The topological polar surface area (TPSA) is 50.4 Å². The van der Waals surface area contributed by atoms with Crippen molar-refractivity contribution in [1.82, 2.24) is 10.6 Å². The van der Waals surface area contributed by atoms with Gasteiger partial charge in [0.2, 0.25) is 0 Å². The Kier molecular flexibility index (Phi) is 4.50. The van der Waals surface area contributed by atoms with Gasteiger partial charge in [0.15, 0.2) is 5.11 Å². The molecule has 6 heteroatoms. The van der Waals surface area contributed by atoms with Gasteiger partial charge in [0, 0.05) is 17.4 Å². The van der Waals surface area contributed by atoms with E-state index in [1.54, 1.807) is 0 Å². The number of thiocarbonyl (C=S) groups is 1. The van der Waals surface area contributed by atoms with Gasteiger partial charge in [-0.15, -0.1) is 0 Å². The molecule has 0 unspecified atom stereocenters. The highest BCUT2D eigenvalue weighted by molar-refractivity contribution is 8.00. The molecule has 0 saturated carbocycles. The number of rotatable bonds is 5. The molecule has 0 radical (unpaired) electrons. The fourth-order valence-corrected chi connectivity index (χ4v) is 4.19. The zero-order valence-electron chi connectivity index (χ0n) is 9.90. The second-order valence-electron chi connectivity index (χ2n) is 4.44. The maximum absolute atomic E-state index is 11.0. The smallest absolute Gasteiger partial charge is 0.305 e. The normalized spacial score (nSPS) is 30.6. The van der Waals surface area contributed by atoms with E-state index in [1.807, 2.05) is 11.8 Å². The van der Waals surface area contributed by atoms with Crippen LogP contribution in [-0.4, -0.2) is 41.3 Å². The van der Waals surface area contributed by atoms with Crippen LogP contribution in [0.15, 0.2) is 0 Å². The standard InChI is InChI=1S/C11H18N2O2S2/c1-15-9(14)5-3-2-4-8-10-7(6-17-8)12-11(16)13-10/h7-8,10H,2-6H2,1H3,(H2,12,13,16)/t7-,8-,10-/m0/s1. The average Bonchev–Trinajstić information content (AvgIpc) is 2.84. The number of unbranched alkanes of at least 4 members (excludes halogenated alkanes) is 1. The summed E-state index contributed by atoms with van der Waals surface area (Å²) < 4.78 is 4.62. The molecule has 0 aliphatic carbocycles. The van der Waals surface area contributed by atoms with Crippen molar-refractivity contribution < 1.29 is 9.53 Å². The van der Waals surface area contributed by atoms with E-state index < -0.39 is 0 Å². The van der Waals surface area contributed by atoms with Gasteiger partial charge >= 0.3 is 5.97 Å². The Morgan fingerprint density at radius 3 is 3.12 bits per heavy atom. The predicted octanol–water partition coefficient (Wildman–Crippen LogP) is 1.05. The Morgan fingerprint density at radius 1 is 1.53 bits per heavy atom. The summed E-state index contributed by atoms with van der Waals surface area (Å²) in [6.07, 6.45) is 3.66. The van der Waals surface area contributed by atoms with E-state index in [2.05, 4.69) is 15.4 Å². The Bertz CT molecular complexity index is 312. The van der Waals surface area contributed by atoms with E-state index in [4.69, 9.17) is 12.2 Å². The average molecular weight is 274 g/mol. The number of nitrogens with one attached hydrogen (secondary N) is 2. The lowest BCUT2D eigenvalue weighted by atomic mass is 10.0. The minimum absolute atomic E-state index is 0.108. The molecule has 0 spiro atoms. The molecule has 2 fully saturated rings. The molecule has 3 atom stereocenters. The molecule has 2 heterocycles. The van der Waals surface area contributed by atoms with Gasteiger partial charge in [-0.1, -0.05) is 6.42 Å². The number of thioether (sulfide) groups is 1. The maximum Gasteiger partial charge on any atom is 0.305 e. The van der Waals surface area contributed by atoms with Crippen LogP contribution < -0.4 is 10.6 Å². The van der Waals surface area contributed by atoms with Gasteiger partial charge in [0.1, 0.15) is 0 Å². The second-order valence-corrected chi connectivity index (χ2v) is 6.12. The zero-order valence-corrected chi connectivity index (χ0v) is 11.5. The largest absolute Gasteiger partial charge is 0.469 e. The number of hydrogen-bond acceptors (Lipinski definition) is 4. The van der Waals surface area contributed by atoms with Crippen molar-refractivity contribution in [2.75, 3.05) is 12.9 Å². The lowest BCUT2D eigenvalue weighted by Gasteiger charge is -2.16. The summed E-state index contributed by atoms with van der Waals surface area (Å²) in [5, 5.41) is 8.03. The van der Waals surface area contributed by atoms with Crippen LogP contribution in [0, 0.1) is 0 Å². The summed E-state index contributed by atoms with van der Waals surface area (Å²) in [4.78, 5) is 11.0. The Balaban J connectivity index is 1.66. The van der Waals surface area contributed by atoms with E-state index in [0.717, 1.165) is 30.1 Å². The molecule has 0 aromatic rings. The zero-order chi connectivity index (χ0) is 12.3. The quantitative estimate of drug-likeness (QED) is 0.444. The van der Waals surface area contributed by atoms with Crippen LogP contribution >= 0.6 is 24.0 Å². The van der Waals surface area contributed by atoms with Crippen molar-refractivity contribution in [1.29, 1.82) is 0 Å². The lowest BCUT2D eigenvalue weighted by molar-refractivity contribution is -0.140. The summed E-state index contributed by atoms with van der Waals surface area (Å²) in [6.45, 7) is 0. The van der Waals surface area contributed by atoms with Gasteiger partial charge in [-0.3, -0.25) is 4.79 Å². The van der Waals surface area contributed by atoms with Gasteiger partial charge in [-0.2, -0.15) is 11.8 Å². The van der Waals surface area contributed by atoms with Crippen LogP contribution in [0.3, 0.4) is 0 Å². The summed E-state index contributed by atoms with van der Waals surface area (Å²) in [6, 6.07) is 0.976. The van der Waals surface area contributed by atoms with Crippen LogP contribution in [0.25, 0.3) is 0 Å². The number of esters is 1. The maximum atomic E-state index is 11.0. The first-order valence-electron chi connectivity index (χ1n) is 5.96. The first-order chi connectivity index (χ1) is 8.20. The molecule has 4 nitrogen and oxygen atoms in total. The van der Waals surface area contributed by atoms with Crippen molar-refractivity contribution in [2.45, 2.75) is 43.0 Å². The van der Waals surface area contributed by atoms with E-state index in [9.17, 15) is 4.79 Å². The number of fused-ring (bicyclic) bond motifs is 1. The van der Waals surface area contributed by atoms with Crippen LogP contribution in [0.2, 0.25) is 0 Å². The monoisotopic (exact) mass is 274 g/mol. The summed E-state index contributed by atoms with van der Waals surface area (Å²) in [7, 11) is 1.44. The third kappa shape index (κ3) is 3.25. The number of carbonyl (C=O) groups is 1. The third-order valence-electron chi connectivity index (χ3n) is 3.29. The molecule has 0 bridgehead atoms. The van der Waals surface area contributed by atoms with Crippen molar-refractivity contribution >= 4 is 35.1 Å². The van der Waals surface area contributed by atoms with Crippen molar-refractivity contribution in [2.24, 2.45) is 0 Å². The molecule has 0 amide bonds. The fourth-order valence-electron chi connectivity index (χ4n) is 2.36. The van der Waals surface area contributed by atoms with Gasteiger partial charge < -0.3 is 15.4 Å². The molecule has 0 aromatic carbocycles. The van der Waals surface area contributed by atoms with E-state index >= 15 is 0 Å². The molecule has 0 aromatic heterocycles. The molecule has 2 aliphatic heterocycles. The van der Waals surface area contributed by atoms with E-state index in [1.165, 1.54) is 7.11 Å². The lowest BCUT2D eigenvalue weighted by Crippen LogP contribution is -2.36. The summed E-state index contributed by atoms with van der Waals surface area (Å²) >= 11 is 7.12. The fraction of sp³-hybridized carbons (Fsp3) is 0.818. The third-order valence-corrected chi connectivity index (χ3v) is 5.03. The highest BCUT2D eigenvalue weighted by Crippen LogP contribution is 2.33. The molecular weight excluding hydrogens is 256 g/mol. The van der Waals surface area contributed by atoms with Crippen LogP contribution in [-0.2, 0) is 9.53 Å². The van der Waals surface area contributed by atoms with E-state index in [0.29, 0.717) is 23.8 Å². The van der Waals surface area contributed by atoms with Gasteiger partial charge in [-0.05, 0) is 25.1 Å². The Labute approximate surface area is 111 Å². The molecule has 2 saturated heterocycles. The minimum atomic E-state index is -0.108. The molecule has 17 heavy (non-hydrogen) atoms. The SMILES string of the molecule is COC(=O)CCCC[C@@H]1SC[C@@H]2NC(=S)N[C@@H]21. The highest BCUT2D eigenvalue weighted by atomic mass is 32.2. The van der Waals surface area contributed by atoms with Crippen molar-refractivity contribution in [3.63, 3.8) is 0 Å². The molecule has 2 N–H and O–H groups in total. The molecule has 2 aliphatic rings. The number of carbonyl (C=O) groups excluding carboxylic acids is 1. The molecule has 96 valence electrons. The Morgan fingerprint density at radius 2 is 2.35 bits per heavy atom. The van der Waals surface area contributed by atoms with Crippen LogP contribution in [0.5, 0.6) is 0 Å². The number of ether oxygens (including phenoxy) is 1. The first kappa shape index (κ1) is 13.0. The van der Waals surface area contributed by atoms with Crippen molar-refractivity contribution in [3.8, 4) is 0 Å². The second kappa shape index (κ2) is 5.91. The summed E-state index contributed by atoms with van der Waals surface area (Å²) in [5.41, 5.74) is 0. The first-order valence-corrected chi connectivity index (χ1v) is 7.42. The molecule has 2 rings (SSSR count). The van der Waals surface area contributed by atoms with Crippen molar-refractivity contribution in [3.05, 3.63) is 0 Å². The predicted molar refractivity (Wildman–Crippen MR) is 73.2 cm³/mol. The van der Waals surface area contributed by atoms with Gasteiger partial charge in [-0.25, -0.2) is 0 Å². The minimum Gasteiger partial charge on any atom is -0.469 e. The van der Waals surface area contributed by atoms with E-state index in [-0.39, 0.29) is 5.97 Å².